The number of carbonyl (C=O) groups excluding carboxylic acids is 2. The molecule has 26 heavy (non-hydrogen) atoms. The Bertz CT molecular complexity index is 961. The normalized spacial score (nSPS) is 13.4. The summed E-state index contributed by atoms with van der Waals surface area (Å²) in [5.74, 6) is 4.86. The van der Waals surface area contributed by atoms with Gasteiger partial charge in [-0.3, -0.25) is 9.59 Å². The molecule has 0 bridgehead atoms. The van der Waals surface area contributed by atoms with Crippen molar-refractivity contribution in [3.8, 4) is 11.8 Å². The number of alkyl halides is 3. The summed E-state index contributed by atoms with van der Waals surface area (Å²) in [6.45, 7) is 0.0774. The molecule has 0 spiro atoms. The summed E-state index contributed by atoms with van der Waals surface area (Å²) in [5.41, 5.74) is 0.522. The zero-order valence-electron chi connectivity index (χ0n) is 13.4. The van der Waals surface area contributed by atoms with Crippen LogP contribution >= 0.6 is 0 Å². The van der Waals surface area contributed by atoms with Gasteiger partial charge < -0.3 is 5.32 Å². The predicted octanol–water partition coefficient (Wildman–Crippen LogP) is 3.61. The molecule has 0 saturated heterocycles. The van der Waals surface area contributed by atoms with Gasteiger partial charge in [0.2, 0.25) is 5.78 Å². The maximum Gasteiger partial charge on any atom is 0.416 e. The van der Waals surface area contributed by atoms with E-state index in [1.54, 1.807) is 24.3 Å². The second kappa shape index (κ2) is 6.89. The topological polar surface area (TPSA) is 46.2 Å². The molecule has 1 aliphatic carbocycles. The largest absolute Gasteiger partial charge is 0.416 e. The fraction of sp³-hybridized carbons (Fsp3) is 0.100. The number of Topliss-reactive ketones (excluding diaryl/α,β-unsaturated/α-hetero) is 1. The Morgan fingerprint density at radius 1 is 0.923 bits per heavy atom. The van der Waals surface area contributed by atoms with Gasteiger partial charge in [0.25, 0.3) is 0 Å². The van der Waals surface area contributed by atoms with Crippen molar-refractivity contribution in [3.05, 3.63) is 82.6 Å². The van der Waals surface area contributed by atoms with Gasteiger partial charge in [-0.1, -0.05) is 36.1 Å². The van der Waals surface area contributed by atoms with Gasteiger partial charge in [-0.2, -0.15) is 13.2 Å². The van der Waals surface area contributed by atoms with Gasteiger partial charge in [-0.05, 0) is 24.3 Å². The predicted molar refractivity (Wildman–Crippen MR) is 89.5 cm³/mol. The molecule has 0 heterocycles. The van der Waals surface area contributed by atoms with Crippen LogP contribution in [0.1, 0.15) is 31.8 Å². The van der Waals surface area contributed by atoms with Crippen LogP contribution in [-0.2, 0) is 6.18 Å². The molecule has 0 unspecified atom stereocenters. The lowest BCUT2D eigenvalue weighted by molar-refractivity contribution is -0.137. The number of carbonyl (C=O) groups is 2. The van der Waals surface area contributed by atoms with E-state index in [2.05, 4.69) is 17.2 Å². The molecule has 2 aromatic rings. The molecule has 0 amide bonds. The van der Waals surface area contributed by atoms with Crippen LogP contribution in [0.5, 0.6) is 0 Å². The highest BCUT2D eigenvalue weighted by Crippen LogP contribution is 2.28. The van der Waals surface area contributed by atoms with Crippen LogP contribution in [0.2, 0.25) is 0 Å². The van der Waals surface area contributed by atoms with E-state index in [0.717, 1.165) is 12.1 Å². The maximum atomic E-state index is 12.5. The minimum absolute atomic E-state index is 0.0774. The fourth-order valence-corrected chi connectivity index (χ4v) is 2.47. The van der Waals surface area contributed by atoms with Crippen molar-refractivity contribution in [1.82, 2.24) is 5.32 Å². The van der Waals surface area contributed by atoms with Gasteiger partial charge >= 0.3 is 6.18 Å². The van der Waals surface area contributed by atoms with Crippen molar-refractivity contribution in [2.75, 3.05) is 6.54 Å². The lowest BCUT2D eigenvalue weighted by atomic mass is 9.93. The number of hydrogen-bond donors (Lipinski definition) is 1. The van der Waals surface area contributed by atoms with Gasteiger partial charge in [0.15, 0.2) is 5.78 Å². The molecular weight excluding hydrogens is 343 g/mol. The molecule has 0 aliphatic heterocycles. The Kier molecular flexibility index (Phi) is 4.63. The first-order valence-electron chi connectivity index (χ1n) is 7.66. The van der Waals surface area contributed by atoms with Gasteiger partial charge in [0.1, 0.15) is 0 Å². The molecule has 6 heteroatoms. The van der Waals surface area contributed by atoms with Crippen LogP contribution in [-0.4, -0.2) is 18.1 Å². The highest BCUT2D eigenvalue weighted by atomic mass is 19.4. The maximum absolute atomic E-state index is 12.5. The first-order chi connectivity index (χ1) is 12.4. The first-order valence-corrected chi connectivity index (χ1v) is 7.66. The van der Waals surface area contributed by atoms with Crippen molar-refractivity contribution in [3.63, 3.8) is 0 Å². The lowest BCUT2D eigenvalue weighted by Crippen LogP contribution is -2.27. The van der Waals surface area contributed by atoms with Gasteiger partial charge in [0.05, 0.1) is 17.8 Å². The number of halogens is 3. The van der Waals surface area contributed by atoms with Crippen molar-refractivity contribution in [2.45, 2.75) is 6.18 Å². The molecule has 1 N–H and O–H groups in total. The van der Waals surface area contributed by atoms with E-state index < -0.39 is 11.7 Å². The summed E-state index contributed by atoms with van der Waals surface area (Å²) < 4.78 is 37.5. The summed E-state index contributed by atoms with van der Waals surface area (Å²) in [6, 6.07) is 11.0. The fourth-order valence-electron chi connectivity index (χ4n) is 2.47. The van der Waals surface area contributed by atoms with Gasteiger partial charge in [-0.15, -0.1) is 0 Å². The van der Waals surface area contributed by atoms with E-state index in [9.17, 15) is 22.8 Å². The van der Waals surface area contributed by atoms with Gasteiger partial charge in [-0.25, -0.2) is 0 Å². The van der Waals surface area contributed by atoms with Crippen molar-refractivity contribution in [1.29, 1.82) is 0 Å². The molecule has 0 aromatic heterocycles. The summed E-state index contributed by atoms with van der Waals surface area (Å²) in [7, 11) is 0. The van der Waals surface area contributed by atoms with Gasteiger partial charge in [0, 0.05) is 22.8 Å². The number of allylic oxidation sites excluding steroid dienone is 2. The Morgan fingerprint density at radius 2 is 1.58 bits per heavy atom. The summed E-state index contributed by atoms with van der Waals surface area (Å²) in [4.78, 5) is 24.3. The van der Waals surface area contributed by atoms with E-state index in [-0.39, 0.29) is 23.8 Å². The summed E-state index contributed by atoms with van der Waals surface area (Å²) in [5, 5.41) is 2.79. The minimum atomic E-state index is -4.38. The zero-order chi connectivity index (χ0) is 18.7. The molecule has 0 saturated carbocycles. The zero-order valence-corrected chi connectivity index (χ0v) is 13.4. The number of benzene rings is 2. The number of rotatable bonds is 2. The van der Waals surface area contributed by atoms with Crippen molar-refractivity contribution < 1.29 is 22.8 Å². The van der Waals surface area contributed by atoms with Crippen LogP contribution in [0, 0.1) is 11.8 Å². The van der Waals surface area contributed by atoms with Crippen LogP contribution in [0.15, 0.2) is 60.3 Å². The molecule has 3 nitrogen and oxygen atoms in total. The van der Waals surface area contributed by atoms with Crippen LogP contribution in [0.25, 0.3) is 0 Å². The van der Waals surface area contributed by atoms with E-state index in [1.807, 2.05) is 0 Å². The third-order valence-electron chi connectivity index (χ3n) is 3.77. The van der Waals surface area contributed by atoms with E-state index in [1.165, 1.54) is 18.2 Å². The molecule has 2 aromatic carbocycles. The Labute approximate surface area is 147 Å². The Morgan fingerprint density at radius 3 is 2.23 bits per heavy atom. The highest BCUT2D eigenvalue weighted by Gasteiger charge is 2.29. The number of nitrogens with one attached hydrogen (secondary N) is 1. The van der Waals surface area contributed by atoms with Crippen molar-refractivity contribution >= 4 is 11.6 Å². The Balaban J connectivity index is 1.65. The smallest absolute Gasteiger partial charge is 0.371 e. The standard InChI is InChI=1S/C20H12F3NO2/c21-20(22,23)14-9-7-13(8-10-14)4-3-11-24-17-12-18(25)15-5-1-2-6-16(15)19(17)26/h1-2,5-10,12,24H,11H2. The van der Waals surface area contributed by atoms with E-state index >= 15 is 0 Å². The van der Waals surface area contributed by atoms with Crippen LogP contribution < -0.4 is 5.32 Å². The Hall–Kier alpha value is -3.33. The SMILES string of the molecule is O=C1C=C(NCC#Cc2ccc(C(F)(F)F)cc2)C(=O)c2ccccc21. The lowest BCUT2D eigenvalue weighted by Gasteiger charge is -2.15. The molecule has 0 atom stereocenters. The van der Waals surface area contributed by atoms with E-state index in [4.69, 9.17) is 0 Å². The highest BCUT2D eigenvalue weighted by molar-refractivity contribution is 6.24. The second-order valence-electron chi connectivity index (χ2n) is 5.53. The molecule has 0 radical (unpaired) electrons. The van der Waals surface area contributed by atoms with Crippen molar-refractivity contribution in [2.24, 2.45) is 0 Å². The molecule has 0 fully saturated rings. The molecule has 3 rings (SSSR count). The third kappa shape index (κ3) is 3.67. The molecular formula is C20H12F3NO2. The quantitative estimate of drug-likeness (QED) is 0.837. The molecule has 130 valence electrons. The molecule has 1 aliphatic rings. The van der Waals surface area contributed by atoms with Crippen LogP contribution in [0.3, 0.4) is 0 Å². The number of ketones is 2. The summed E-state index contributed by atoms with van der Waals surface area (Å²) >= 11 is 0. The second-order valence-corrected chi connectivity index (χ2v) is 5.53. The third-order valence-corrected chi connectivity index (χ3v) is 3.77. The monoisotopic (exact) mass is 355 g/mol. The number of hydrogen-bond acceptors (Lipinski definition) is 3. The first kappa shape index (κ1) is 17.5. The average molecular weight is 355 g/mol. The summed E-state index contributed by atoms with van der Waals surface area (Å²) in [6.07, 6.45) is -3.16. The van der Waals surface area contributed by atoms with Crippen LogP contribution in [0.4, 0.5) is 13.2 Å². The number of fused-ring (bicyclic) bond motifs is 1. The van der Waals surface area contributed by atoms with E-state index in [0.29, 0.717) is 16.7 Å². The average Bonchev–Trinajstić information content (AvgIpc) is 2.62. The minimum Gasteiger partial charge on any atom is -0.371 e.